The van der Waals surface area contributed by atoms with Gasteiger partial charge in [0.25, 0.3) is 0 Å². The summed E-state index contributed by atoms with van der Waals surface area (Å²) in [5.74, 6) is -3.40. The number of aromatic carboxylic acids is 3. The quantitative estimate of drug-likeness (QED) is 0.276. The summed E-state index contributed by atoms with van der Waals surface area (Å²) in [7, 11) is 0. The Bertz CT molecular complexity index is 1600. The van der Waals surface area contributed by atoms with Crippen LogP contribution in [0.15, 0.2) is 127 Å². The molecule has 0 amide bonds. The molecular weight excluding hydrogens is 614 g/mol. The first kappa shape index (κ1) is 29.9. The van der Waals surface area contributed by atoms with Gasteiger partial charge in [-0.1, -0.05) is 109 Å². The first-order valence-electron chi connectivity index (χ1n) is 11.9. The number of rotatable bonds is 3. The molecule has 194 valence electrons. The van der Waals surface area contributed by atoms with Crippen LogP contribution < -0.4 is 15.3 Å². The maximum atomic E-state index is 10.5. The summed E-state index contributed by atoms with van der Waals surface area (Å²) in [6.07, 6.45) is 0. The van der Waals surface area contributed by atoms with E-state index in [1.54, 1.807) is 54.6 Å². The predicted molar refractivity (Wildman–Crippen MR) is 151 cm³/mol. The molecule has 0 heterocycles. The molecule has 0 aromatic heterocycles. The third kappa shape index (κ3) is 7.68. The average Bonchev–Trinajstić information content (AvgIpc) is 2.97. The molecule has 0 N–H and O–H groups in total. The summed E-state index contributed by atoms with van der Waals surface area (Å²) in [5, 5.41) is 37.5. The van der Waals surface area contributed by atoms with Crippen molar-refractivity contribution in [2.45, 2.75) is 0 Å². The number of carbonyl (C=O) groups excluding carboxylic acids is 3. The predicted octanol–water partition coefficient (Wildman–Crippen LogP) is 3.23. The molecule has 6 nitrogen and oxygen atoms in total. The van der Waals surface area contributed by atoms with Crippen molar-refractivity contribution in [1.29, 1.82) is 0 Å². The monoisotopic (exact) mass is 634 g/mol. The van der Waals surface area contributed by atoms with Gasteiger partial charge in [0.05, 0.1) is 17.9 Å². The molecule has 0 spiro atoms. The van der Waals surface area contributed by atoms with E-state index in [9.17, 15) is 29.7 Å². The minimum Gasteiger partial charge on any atom is -0.545 e. The van der Waals surface area contributed by atoms with Crippen LogP contribution in [0.4, 0.5) is 0 Å². The normalized spacial score (nSPS) is 9.90. The molecule has 6 aromatic rings. The largest absolute Gasteiger partial charge is 3.00 e. The molecular formula is C33H21O6Sb. The van der Waals surface area contributed by atoms with Crippen molar-refractivity contribution in [3.63, 3.8) is 0 Å². The second kappa shape index (κ2) is 13.9. The molecule has 6 rings (SSSR count). The van der Waals surface area contributed by atoms with Crippen molar-refractivity contribution in [3.05, 3.63) is 144 Å². The van der Waals surface area contributed by atoms with Crippen LogP contribution in [0.2, 0.25) is 0 Å². The number of hydrogen-bond donors (Lipinski definition) is 0. The van der Waals surface area contributed by atoms with Crippen LogP contribution in [0.25, 0.3) is 32.3 Å². The Balaban J connectivity index is 0.000000163. The Morgan fingerprint density at radius 1 is 0.350 bits per heavy atom. The molecule has 0 aliphatic rings. The maximum absolute atomic E-state index is 10.5. The molecule has 0 atom stereocenters. The van der Waals surface area contributed by atoms with E-state index < -0.39 is 17.9 Å². The first-order valence-corrected chi connectivity index (χ1v) is 11.9. The van der Waals surface area contributed by atoms with E-state index in [0.29, 0.717) is 0 Å². The SMILES string of the molecule is O=C([O-])c1ccc2ccccc2c1.O=C([O-])c1ccc2ccccc2c1.O=C([O-])c1ccc2ccccc2c1.[Sb+3]. The van der Waals surface area contributed by atoms with Crippen LogP contribution >= 0.6 is 0 Å². The van der Waals surface area contributed by atoms with Crippen molar-refractivity contribution >= 4 is 74.7 Å². The van der Waals surface area contributed by atoms with Gasteiger partial charge in [-0.2, -0.15) is 0 Å². The third-order valence-corrected chi connectivity index (χ3v) is 5.96. The van der Waals surface area contributed by atoms with Gasteiger partial charge in [0.2, 0.25) is 0 Å². The minimum atomic E-state index is -1.13. The molecule has 40 heavy (non-hydrogen) atoms. The van der Waals surface area contributed by atoms with E-state index in [1.807, 2.05) is 72.8 Å². The van der Waals surface area contributed by atoms with E-state index in [-0.39, 0.29) is 41.1 Å². The van der Waals surface area contributed by atoms with Crippen molar-refractivity contribution in [1.82, 2.24) is 0 Å². The molecule has 6 aromatic carbocycles. The van der Waals surface area contributed by atoms with Gasteiger partial charge in [-0.05, 0) is 67.2 Å². The molecule has 7 heteroatoms. The van der Waals surface area contributed by atoms with Gasteiger partial charge in [0.1, 0.15) is 0 Å². The first-order chi connectivity index (χ1) is 18.8. The molecule has 0 bridgehead atoms. The zero-order chi connectivity index (χ0) is 27.8. The molecule has 0 aliphatic carbocycles. The standard InChI is InChI=1S/3C11H8O2.Sb/c3*12-11(13)10-6-5-8-3-1-2-4-9(8)7-10;/h3*1-7H,(H,12,13);/q;;;+3/p-3. The van der Waals surface area contributed by atoms with Gasteiger partial charge in [0, 0.05) is 0 Å². The van der Waals surface area contributed by atoms with Gasteiger partial charge in [-0.15, -0.1) is 0 Å². The van der Waals surface area contributed by atoms with E-state index in [0.717, 1.165) is 32.3 Å². The second-order valence-electron chi connectivity index (χ2n) is 8.55. The van der Waals surface area contributed by atoms with Crippen molar-refractivity contribution in [2.75, 3.05) is 0 Å². The molecule has 0 aliphatic heterocycles. The smallest absolute Gasteiger partial charge is 0.545 e. The summed E-state index contributed by atoms with van der Waals surface area (Å²) in [5.41, 5.74) is 0.663. The zero-order valence-electron chi connectivity index (χ0n) is 21.0. The second-order valence-corrected chi connectivity index (χ2v) is 8.55. The fourth-order valence-electron chi connectivity index (χ4n) is 3.95. The Morgan fingerprint density at radius 2 is 0.575 bits per heavy atom. The summed E-state index contributed by atoms with van der Waals surface area (Å²) < 4.78 is 0. The zero-order valence-corrected chi connectivity index (χ0v) is 23.6. The van der Waals surface area contributed by atoms with Gasteiger partial charge in [-0.25, -0.2) is 0 Å². The van der Waals surface area contributed by atoms with E-state index in [2.05, 4.69) is 0 Å². The van der Waals surface area contributed by atoms with Crippen LogP contribution in [-0.2, 0) is 0 Å². The fourth-order valence-corrected chi connectivity index (χ4v) is 3.95. The number of carboxylic acid groups (broad SMARTS) is 3. The molecule has 2 radical (unpaired) electrons. The summed E-state index contributed by atoms with van der Waals surface area (Å²) in [6, 6.07) is 37.7. The summed E-state index contributed by atoms with van der Waals surface area (Å²) >= 11 is 0. The maximum Gasteiger partial charge on any atom is 3.00 e. The number of hydrogen-bond acceptors (Lipinski definition) is 6. The van der Waals surface area contributed by atoms with E-state index in [1.165, 1.54) is 0 Å². The number of fused-ring (bicyclic) bond motifs is 3. The number of carbonyl (C=O) groups is 3. The van der Waals surface area contributed by atoms with Crippen LogP contribution in [0.1, 0.15) is 31.1 Å². The van der Waals surface area contributed by atoms with Gasteiger partial charge in [0.15, 0.2) is 0 Å². The van der Waals surface area contributed by atoms with E-state index >= 15 is 0 Å². The molecule has 0 fully saturated rings. The van der Waals surface area contributed by atoms with Crippen LogP contribution in [0.3, 0.4) is 0 Å². The molecule has 0 saturated carbocycles. The van der Waals surface area contributed by atoms with E-state index in [4.69, 9.17) is 0 Å². The minimum absolute atomic E-state index is 0. The van der Waals surface area contributed by atoms with Crippen molar-refractivity contribution in [3.8, 4) is 0 Å². The Kier molecular flexibility index (Phi) is 10.4. The topological polar surface area (TPSA) is 120 Å². The van der Waals surface area contributed by atoms with Gasteiger partial charge < -0.3 is 29.7 Å². The average molecular weight is 635 g/mol. The van der Waals surface area contributed by atoms with Crippen molar-refractivity contribution in [2.24, 2.45) is 0 Å². The van der Waals surface area contributed by atoms with Crippen LogP contribution in [0, 0.1) is 0 Å². The van der Waals surface area contributed by atoms with Gasteiger partial charge >= 0.3 is 24.4 Å². The van der Waals surface area contributed by atoms with Crippen LogP contribution in [0.5, 0.6) is 0 Å². The Morgan fingerprint density at radius 3 is 0.800 bits per heavy atom. The summed E-state index contributed by atoms with van der Waals surface area (Å²) in [6.45, 7) is 0. The molecule has 0 saturated heterocycles. The third-order valence-electron chi connectivity index (χ3n) is 5.96. The van der Waals surface area contributed by atoms with Crippen molar-refractivity contribution < 1.29 is 29.7 Å². The summed E-state index contributed by atoms with van der Waals surface area (Å²) in [4.78, 5) is 31.6. The number of carboxylic acids is 3. The fraction of sp³-hybridized carbons (Fsp3) is 0. The Hall–Kier alpha value is -4.67. The molecule has 0 unspecified atom stereocenters. The van der Waals surface area contributed by atoms with Crippen LogP contribution in [-0.4, -0.2) is 42.3 Å². The number of benzene rings is 6. The Labute approximate surface area is 247 Å². The van der Waals surface area contributed by atoms with Gasteiger partial charge in [-0.3, -0.25) is 0 Å².